The number of nitrogens with zero attached hydrogens (tertiary/aromatic N) is 4. The molecule has 1 aliphatic carbocycles. The Balaban J connectivity index is 1.17. The monoisotopic (exact) mass is 559 g/mol. The molecule has 8 heteroatoms. The number of hydrogen-bond donors (Lipinski definition) is 1. The first kappa shape index (κ1) is 28.0. The van der Waals surface area contributed by atoms with E-state index in [1.807, 2.05) is 30.3 Å². The number of amides is 1. The van der Waals surface area contributed by atoms with Gasteiger partial charge >= 0.3 is 6.09 Å². The van der Waals surface area contributed by atoms with Gasteiger partial charge in [0, 0.05) is 49.1 Å². The summed E-state index contributed by atoms with van der Waals surface area (Å²) in [6.07, 6.45) is 5.16. The van der Waals surface area contributed by atoms with Crippen LogP contribution >= 0.6 is 0 Å². The van der Waals surface area contributed by atoms with Crippen molar-refractivity contribution in [2.75, 3.05) is 57.3 Å². The van der Waals surface area contributed by atoms with E-state index < -0.39 is 6.09 Å². The van der Waals surface area contributed by atoms with Crippen LogP contribution in [0.5, 0.6) is 0 Å². The molecule has 1 unspecified atom stereocenters. The molecule has 3 heterocycles. The molecule has 3 atom stereocenters. The first-order valence-electron chi connectivity index (χ1n) is 15.4. The zero-order valence-corrected chi connectivity index (χ0v) is 23.9. The Morgan fingerprint density at radius 1 is 1.00 bits per heavy atom. The summed E-state index contributed by atoms with van der Waals surface area (Å²) < 4.78 is 20.5. The summed E-state index contributed by atoms with van der Waals surface area (Å²) in [5.74, 6) is 0.941. The summed E-state index contributed by atoms with van der Waals surface area (Å²) >= 11 is 0. The summed E-state index contributed by atoms with van der Waals surface area (Å²) in [5, 5.41) is 9.06. The number of primary amides is 1. The minimum absolute atomic E-state index is 0.126. The SMILES string of the molecule is N#Cc1ccc(N2CC(CN3CCC(C(CN4CCC4)(c4cccc(F)c4)[C@H]4CCC[C@@H]4OC(N)=O)CC3)C2)cc1. The highest BCUT2D eigenvalue weighted by molar-refractivity contribution is 5.65. The maximum Gasteiger partial charge on any atom is 0.404 e. The molecule has 41 heavy (non-hydrogen) atoms. The van der Waals surface area contributed by atoms with Gasteiger partial charge in [0.1, 0.15) is 11.9 Å². The maximum atomic E-state index is 14.8. The fourth-order valence-corrected chi connectivity index (χ4v) is 8.22. The minimum atomic E-state index is -0.704. The third-order valence-electron chi connectivity index (χ3n) is 10.3. The van der Waals surface area contributed by atoms with E-state index in [-0.39, 0.29) is 23.3 Å². The topological polar surface area (TPSA) is 85.8 Å². The lowest BCUT2D eigenvalue weighted by Crippen LogP contribution is -2.58. The highest BCUT2D eigenvalue weighted by atomic mass is 19.1. The van der Waals surface area contributed by atoms with Crippen molar-refractivity contribution in [3.63, 3.8) is 0 Å². The van der Waals surface area contributed by atoms with Crippen molar-refractivity contribution in [1.29, 1.82) is 5.26 Å². The Bertz CT molecular complexity index is 1250. The Morgan fingerprint density at radius 3 is 2.39 bits per heavy atom. The number of carbonyl (C=O) groups is 1. The molecule has 1 amide bonds. The number of anilines is 1. The summed E-state index contributed by atoms with van der Waals surface area (Å²) in [4.78, 5) is 19.4. The van der Waals surface area contributed by atoms with Crippen LogP contribution in [0.2, 0.25) is 0 Å². The molecule has 6 rings (SSSR count). The maximum absolute atomic E-state index is 14.8. The molecule has 0 bridgehead atoms. The van der Waals surface area contributed by atoms with Gasteiger partial charge in [0.15, 0.2) is 0 Å². The molecule has 2 aromatic rings. The van der Waals surface area contributed by atoms with Crippen LogP contribution < -0.4 is 10.6 Å². The smallest absolute Gasteiger partial charge is 0.404 e. The fourth-order valence-electron chi connectivity index (χ4n) is 8.22. The van der Waals surface area contributed by atoms with E-state index in [9.17, 15) is 9.18 Å². The number of rotatable bonds is 9. The Kier molecular flexibility index (Phi) is 8.19. The lowest BCUT2D eigenvalue weighted by atomic mass is 9.58. The number of likely N-dealkylation sites (tertiary alicyclic amines) is 2. The molecular weight excluding hydrogens is 517 g/mol. The second-order valence-corrected chi connectivity index (χ2v) is 12.7. The summed E-state index contributed by atoms with van der Waals surface area (Å²) in [7, 11) is 0. The quantitative estimate of drug-likeness (QED) is 0.477. The molecule has 0 radical (unpaired) electrons. The van der Waals surface area contributed by atoms with Crippen LogP contribution in [0.3, 0.4) is 0 Å². The van der Waals surface area contributed by atoms with E-state index in [0.29, 0.717) is 17.4 Å². The van der Waals surface area contributed by atoms with Gasteiger partial charge in [0.05, 0.1) is 11.6 Å². The average Bonchev–Trinajstić information content (AvgIpc) is 3.38. The standard InChI is InChI=1S/C33H42FN5O2/c34-28-5-1-4-27(18-28)33(23-38-14-3-15-38,30-6-2-7-31(30)41-32(36)40)26-12-16-37(17-13-26)20-25-21-39(22-25)29-10-8-24(19-35)9-11-29/h1,4-5,8-11,18,25-26,30-31H,2-3,6-7,12-17,20-23H2,(H2,36,40)/t30-,31-,33?/m0/s1. The number of carbonyl (C=O) groups excluding carboxylic acids is 1. The molecular formula is C33H42FN5O2. The molecule has 2 aromatic carbocycles. The third kappa shape index (κ3) is 5.80. The molecule has 7 nitrogen and oxygen atoms in total. The molecule has 3 saturated heterocycles. The van der Waals surface area contributed by atoms with Crippen LogP contribution in [-0.2, 0) is 10.2 Å². The van der Waals surface area contributed by atoms with E-state index in [1.165, 1.54) is 18.2 Å². The van der Waals surface area contributed by atoms with Crippen LogP contribution in [0, 0.1) is 34.9 Å². The number of nitrogens with two attached hydrogens (primary N) is 1. The molecule has 2 N–H and O–H groups in total. The Labute approximate surface area is 243 Å². The van der Waals surface area contributed by atoms with Crippen molar-refractivity contribution >= 4 is 11.8 Å². The van der Waals surface area contributed by atoms with Gasteiger partial charge < -0.3 is 25.2 Å². The van der Waals surface area contributed by atoms with Crippen LogP contribution in [0.1, 0.15) is 49.7 Å². The lowest BCUT2D eigenvalue weighted by Gasteiger charge is -2.53. The Hall–Kier alpha value is -3.15. The van der Waals surface area contributed by atoms with E-state index in [2.05, 4.69) is 26.8 Å². The fraction of sp³-hybridized carbons (Fsp3) is 0.576. The zero-order valence-electron chi connectivity index (χ0n) is 23.9. The Morgan fingerprint density at radius 2 is 1.76 bits per heavy atom. The highest BCUT2D eigenvalue weighted by Gasteiger charge is 2.53. The number of halogens is 1. The van der Waals surface area contributed by atoms with E-state index in [1.54, 1.807) is 6.07 Å². The predicted molar refractivity (Wildman–Crippen MR) is 157 cm³/mol. The largest absolute Gasteiger partial charge is 0.446 e. The van der Waals surface area contributed by atoms with Crippen molar-refractivity contribution in [2.24, 2.45) is 23.5 Å². The minimum Gasteiger partial charge on any atom is -0.446 e. The van der Waals surface area contributed by atoms with Gasteiger partial charge in [-0.15, -0.1) is 0 Å². The zero-order chi connectivity index (χ0) is 28.4. The number of benzene rings is 2. The number of nitriles is 1. The van der Waals surface area contributed by atoms with Crippen molar-refractivity contribution in [1.82, 2.24) is 9.80 Å². The summed E-state index contributed by atoms with van der Waals surface area (Å²) in [6, 6.07) is 17.3. The third-order valence-corrected chi connectivity index (χ3v) is 10.3. The van der Waals surface area contributed by atoms with Crippen LogP contribution in [0.4, 0.5) is 14.9 Å². The molecule has 3 aliphatic heterocycles. The number of piperidine rings is 1. The van der Waals surface area contributed by atoms with E-state index >= 15 is 0 Å². The molecule has 4 aliphatic rings. The average molecular weight is 560 g/mol. The van der Waals surface area contributed by atoms with Crippen molar-refractivity contribution in [2.45, 2.75) is 50.0 Å². The van der Waals surface area contributed by atoms with Crippen molar-refractivity contribution in [3.8, 4) is 6.07 Å². The van der Waals surface area contributed by atoms with Gasteiger partial charge in [-0.05, 0) is 113 Å². The van der Waals surface area contributed by atoms with Crippen LogP contribution in [0.25, 0.3) is 0 Å². The second kappa shape index (κ2) is 12.0. The van der Waals surface area contributed by atoms with Gasteiger partial charge in [-0.25, -0.2) is 9.18 Å². The molecule has 0 aromatic heterocycles. The van der Waals surface area contributed by atoms with Crippen LogP contribution in [0.15, 0.2) is 48.5 Å². The highest BCUT2D eigenvalue weighted by Crippen LogP contribution is 2.52. The molecule has 0 spiro atoms. The molecule has 1 saturated carbocycles. The molecule has 4 fully saturated rings. The van der Waals surface area contributed by atoms with E-state index in [0.717, 1.165) is 90.0 Å². The van der Waals surface area contributed by atoms with Gasteiger partial charge in [-0.3, -0.25) is 0 Å². The van der Waals surface area contributed by atoms with Gasteiger partial charge in [-0.1, -0.05) is 12.1 Å². The first-order valence-corrected chi connectivity index (χ1v) is 15.4. The number of hydrogen-bond acceptors (Lipinski definition) is 6. The van der Waals surface area contributed by atoms with Crippen molar-refractivity contribution < 1.29 is 13.9 Å². The number of ether oxygens (including phenoxy) is 1. The van der Waals surface area contributed by atoms with Crippen LogP contribution in [-0.4, -0.2) is 74.4 Å². The van der Waals surface area contributed by atoms with Gasteiger partial charge in [0.25, 0.3) is 0 Å². The van der Waals surface area contributed by atoms with Gasteiger partial charge in [0.2, 0.25) is 0 Å². The normalized spacial score (nSPS) is 25.6. The first-order chi connectivity index (χ1) is 19.9. The molecule has 218 valence electrons. The lowest BCUT2D eigenvalue weighted by molar-refractivity contribution is -0.0145. The van der Waals surface area contributed by atoms with E-state index in [4.69, 9.17) is 15.7 Å². The predicted octanol–water partition coefficient (Wildman–Crippen LogP) is 4.75. The van der Waals surface area contributed by atoms with Gasteiger partial charge in [-0.2, -0.15) is 5.26 Å². The summed E-state index contributed by atoms with van der Waals surface area (Å²) in [5.41, 5.74) is 8.21. The second-order valence-electron chi connectivity index (χ2n) is 12.7. The van der Waals surface area contributed by atoms with Crippen molar-refractivity contribution in [3.05, 3.63) is 65.5 Å². The summed E-state index contributed by atoms with van der Waals surface area (Å²) in [6.45, 7) is 8.27.